The Hall–Kier alpha value is -1.33. The SMILES string of the molecule is FC(F)(F)c1ccccc1-c1ccc(CNC2CC2)s1. The lowest BCUT2D eigenvalue weighted by Crippen LogP contribution is -2.14. The third-order valence-electron chi connectivity index (χ3n) is 3.30. The van der Waals surface area contributed by atoms with Crippen LogP contribution in [0.15, 0.2) is 36.4 Å². The number of thiophene rings is 1. The summed E-state index contributed by atoms with van der Waals surface area (Å²) in [6.07, 6.45) is -1.91. The van der Waals surface area contributed by atoms with Gasteiger partial charge < -0.3 is 5.32 Å². The summed E-state index contributed by atoms with van der Waals surface area (Å²) < 4.78 is 39.0. The zero-order valence-corrected chi connectivity index (χ0v) is 11.5. The lowest BCUT2D eigenvalue weighted by atomic mass is 10.1. The Bertz CT molecular complexity index is 599. The van der Waals surface area contributed by atoms with Crippen molar-refractivity contribution in [2.75, 3.05) is 0 Å². The molecule has 2 aromatic rings. The highest BCUT2D eigenvalue weighted by Crippen LogP contribution is 2.39. The van der Waals surface area contributed by atoms with Gasteiger partial charge in [-0.2, -0.15) is 13.2 Å². The largest absolute Gasteiger partial charge is 0.417 e. The molecular weight excluding hydrogens is 283 g/mol. The van der Waals surface area contributed by atoms with Gasteiger partial charge >= 0.3 is 6.18 Å². The Morgan fingerprint density at radius 2 is 1.85 bits per heavy atom. The Kier molecular flexibility index (Phi) is 3.56. The first-order valence-electron chi connectivity index (χ1n) is 6.53. The van der Waals surface area contributed by atoms with Crippen LogP contribution in [0, 0.1) is 0 Å². The predicted molar refractivity (Wildman–Crippen MR) is 74.6 cm³/mol. The lowest BCUT2D eigenvalue weighted by molar-refractivity contribution is -0.137. The van der Waals surface area contributed by atoms with Crippen molar-refractivity contribution < 1.29 is 13.2 Å². The van der Waals surface area contributed by atoms with Gasteiger partial charge in [-0.15, -0.1) is 11.3 Å². The van der Waals surface area contributed by atoms with E-state index in [-0.39, 0.29) is 5.56 Å². The van der Waals surface area contributed by atoms with E-state index < -0.39 is 11.7 Å². The van der Waals surface area contributed by atoms with Crippen molar-refractivity contribution in [3.05, 3.63) is 46.8 Å². The third kappa shape index (κ3) is 3.04. The molecular formula is C15H14F3NS. The van der Waals surface area contributed by atoms with E-state index in [4.69, 9.17) is 0 Å². The average Bonchev–Trinajstić information content (AvgIpc) is 3.12. The quantitative estimate of drug-likeness (QED) is 0.863. The van der Waals surface area contributed by atoms with Crippen molar-refractivity contribution >= 4 is 11.3 Å². The van der Waals surface area contributed by atoms with Gasteiger partial charge in [0, 0.05) is 27.9 Å². The molecule has 3 rings (SSSR count). The fraction of sp³-hybridized carbons (Fsp3) is 0.333. The summed E-state index contributed by atoms with van der Waals surface area (Å²) in [4.78, 5) is 1.74. The number of alkyl halides is 3. The molecule has 5 heteroatoms. The van der Waals surface area contributed by atoms with Crippen molar-refractivity contribution in [2.45, 2.75) is 31.6 Å². The molecule has 1 aliphatic rings. The smallest absolute Gasteiger partial charge is 0.309 e. The van der Waals surface area contributed by atoms with Crippen LogP contribution in [0.1, 0.15) is 23.3 Å². The minimum absolute atomic E-state index is 0.266. The van der Waals surface area contributed by atoms with Gasteiger partial charge in [-0.25, -0.2) is 0 Å². The first-order chi connectivity index (χ1) is 9.54. The van der Waals surface area contributed by atoms with Crippen molar-refractivity contribution in [1.29, 1.82) is 0 Å². The summed E-state index contributed by atoms with van der Waals surface area (Å²) in [7, 11) is 0. The number of benzene rings is 1. The Labute approximate surface area is 119 Å². The summed E-state index contributed by atoms with van der Waals surface area (Å²) in [6.45, 7) is 0.740. The van der Waals surface area contributed by atoms with E-state index in [1.165, 1.54) is 36.3 Å². The molecule has 0 bridgehead atoms. The molecule has 0 saturated heterocycles. The van der Waals surface area contributed by atoms with Gasteiger partial charge in [0.25, 0.3) is 0 Å². The number of rotatable bonds is 4. The Balaban J connectivity index is 1.85. The molecule has 0 unspecified atom stereocenters. The van der Waals surface area contributed by atoms with Crippen LogP contribution < -0.4 is 5.32 Å². The third-order valence-corrected chi connectivity index (χ3v) is 4.42. The monoisotopic (exact) mass is 297 g/mol. The topological polar surface area (TPSA) is 12.0 Å². The van der Waals surface area contributed by atoms with Crippen molar-refractivity contribution in [3.8, 4) is 10.4 Å². The van der Waals surface area contributed by atoms with Gasteiger partial charge in [0.05, 0.1) is 5.56 Å². The highest BCUT2D eigenvalue weighted by atomic mass is 32.1. The number of hydrogen-bond acceptors (Lipinski definition) is 2. The molecule has 106 valence electrons. The second-order valence-corrected chi connectivity index (χ2v) is 6.13. The predicted octanol–water partition coefficient (Wildman–Crippen LogP) is 4.69. The van der Waals surface area contributed by atoms with Crippen LogP contribution in [0.25, 0.3) is 10.4 Å². The molecule has 1 aromatic heterocycles. The first-order valence-corrected chi connectivity index (χ1v) is 7.34. The molecule has 1 heterocycles. The average molecular weight is 297 g/mol. The molecule has 0 spiro atoms. The van der Waals surface area contributed by atoms with Crippen LogP contribution >= 0.6 is 11.3 Å². The minimum Gasteiger partial charge on any atom is -0.309 e. The van der Waals surface area contributed by atoms with Crippen molar-refractivity contribution in [1.82, 2.24) is 5.32 Å². The van der Waals surface area contributed by atoms with Gasteiger partial charge in [-0.05, 0) is 31.0 Å². The van der Waals surface area contributed by atoms with E-state index in [0.29, 0.717) is 10.9 Å². The van der Waals surface area contributed by atoms with Crippen LogP contribution in [0.5, 0.6) is 0 Å². The molecule has 1 nitrogen and oxygen atoms in total. The highest BCUT2D eigenvalue weighted by molar-refractivity contribution is 7.15. The summed E-state index contributed by atoms with van der Waals surface area (Å²) >= 11 is 1.42. The molecule has 0 aliphatic heterocycles. The standard InChI is InChI=1S/C15H14F3NS/c16-15(17,18)13-4-2-1-3-12(13)14-8-7-11(20-14)9-19-10-5-6-10/h1-4,7-8,10,19H,5-6,9H2. The zero-order chi connectivity index (χ0) is 14.2. The fourth-order valence-corrected chi connectivity index (χ4v) is 3.09. The molecule has 1 aliphatic carbocycles. The Morgan fingerprint density at radius 3 is 2.55 bits per heavy atom. The normalized spacial score (nSPS) is 15.6. The number of nitrogens with one attached hydrogen (secondary N) is 1. The molecule has 1 fully saturated rings. The van der Waals surface area contributed by atoms with Crippen LogP contribution in [0.3, 0.4) is 0 Å². The van der Waals surface area contributed by atoms with Gasteiger partial charge in [0.2, 0.25) is 0 Å². The van der Waals surface area contributed by atoms with Gasteiger partial charge in [0.15, 0.2) is 0 Å². The van der Waals surface area contributed by atoms with Crippen molar-refractivity contribution in [2.24, 2.45) is 0 Å². The summed E-state index contributed by atoms with van der Waals surface area (Å²) in [6, 6.07) is 10.0. The molecule has 1 saturated carbocycles. The summed E-state index contributed by atoms with van der Waals surface area (Å²) in [5.41, 5.74) is -0.300. The maximum absolute atomic E-state index is 13.0. The van der Waals surface area contributed by atoms with E-state index in [0.717, 1.165) is 17.5 Å². The van der Waals surface area contributed by atoms with Gasteiger partial charge in [-0.1, -0.05) is 18.2 Å². The molecule has 1 N–H and O–H groups in total. The van der Waals surface area contributed by atoms with Crippen LogP contribution in [-0.4, -0.2) is 6.04 Å². The van der Waals surface area contributed by atoms with Gasteiger partial charge in [-0.3, -0.25) is 0 Å². The van der Waals surface area contributed by atoms with E-state index in [1.54, 1.807) is 12.1 Å². The molecule has 0 amide bonds. The highest BCUT2D eigenvalue weighted by Gasteiger charge is 2.33. The van der Waals surface area contributed by atoms with E-state index >= 15 is 0 Å². The fourth-order valence-electron chi connectivity index (χ4n) is 2.10. The second kappa shape index (κ2) is 5.22. The van der Waals surface area contributed by atoms with Crippen LogP contribution in [-0.2, 0) is 12.7 Å². The summed E-state index contributed by atoms with van der Waals surface area (Å²) in [5, 5.41) is 3.37. The molecule has 1 aromatic carbocycles. The minimum atomic E-state index is -4.31. The van der Waals surface area contributed by atoms with Gasteiger partial charge in [0.1, 0.15) is 0 Å². The Morgan fingerprint density at radius 1 is 1.10 bits per heavy atom. The van der Waals surface area contributed by atoms with Crippen LogP contribution in [0.4, 0.5) is 13.2 Å². The lowest BCUT2D eigenvalue weighted by Gasteiger charge is -2.11. The maximum Gasteiger partial charge on any atom is 0.417 e. The molecule has 20 heavy (non-hydrogen) atoms. The van der Waals surface area contributed by atoms with E-state index in [9.17, 15) is 13.2 Å². The second-order valence-electron chi connectivity index (χ2n) is 4.96. The molecule has 0 atom stereocenters. The number of hydrogen-bond donors (Lipinski definition) is 1. The van der Waals surface area contributed by atoms with Crippen molar-refractivity contribution in [3.63, 3.8) is 0 Å². The number of halogens is 3. The zero-order valence-electron chi connectivity index (χ0n) is 10.7. The maximum atomic E-state index is 13.0. The first kappa shape index (κ1) is 13.6. The van der Waals surface area contributed by atoms with E-state index in [2.05, 4.69) is 5.32 Å². The van der Waals surface area contributed by atoms with E-state index in [1.807, 2.05) is 6.07 Å². The summed E-state index contributed by atoms with van der Waals surface area (Å²) in [5.74, 6) is 0. The van der Waals surface area contributed by atoms with Crippen LogP contribution in [0.2, 0.25) is 0 Å². The molecule has 0 radical (unpaired) electrons.